The zero-order chi connectivity index (χ0) is 15.6. The van der Waals surface area contributed by atoms with Crippen LogP contribution in [-0.2, 0) is 16.1 Å². The van der Waals surface area contributed by atoms with Crippen molar-refractivity contribution in [3.63, 3.8) is 0 Å². The largest absolute Gasteiger partial charge is 0.364 e. The van der Waals surface area contributed by atoms with Gasteiger partial charge in [-0.25, -0.2) is 9.97 Å². The van der Waals surface area contributed by atoms with Crippen molar-refractivity contribution in [3.8, 4) is 0 Å². The monoisotopic (exact) mass is 310 g/mol. The number of hydrogen-bond acceptors (Lipinski definition) is 5. The zero-order valence-electron chi connectivity index (χ0n) is 12.7. The highest BCUT2D eigenvalue weighted by Gasteiger charge is 2.43. The minimum Gasteiger partial charge on any atom is -0.364 e. The smallest absolute Gasteiger partial charge is 0.249 e. The number of fused-ring (bicyclic) bond motifs is 1. The van der Waals surface area contributed by atoms with E-state index < -0.39 is 0 Å². The molecule has 0 radical (unpaired) electrons. The Morgan fingerprint density at radius 2 is 1.87 bits per heavy atom. The number of amides is 1. The Labute approximate surface area is 134 Å². The fraction of sp³-hybridized carbons (Fsp3) is 0.353. The van der Waals surface area contributed by atoms with Crippen molar-refractivity contribution in [3.05, 3.63) is 54.4 Å². The molecule has 2 aliphatic rings. The van der Waals surface area contributed by atoms with E-state index in [1.807, 2.05) is 35.2 Å². The molecule has 2 atom stereocenters. The third-order valence-corrected chi connectivity index (χ3v) is 4.41. The van der Waals surface area contributed by atoms with E-state index in [2.05, 4.69) is 14.9 Å². The van der Waals surface area contributed by atoms with Crippen molar-refractivity contribution in [2.45, 2.75) is 18.7 Å². The molecule has 1 amide bonds. The van der Waals surface area contributed by atoms with Gasteiger partial charge in [0.05, 0.1) is 12.1 Å². The lowest BCUT2D eigenvalue weighted by atomic mass is 10.1. The van der Waals surface area contributed by atoms with Crippen molar-refractivity contribution in [1.82, 2.24) is 14.9 Å². The van der Waals surface area contributed by atoms with Crippen LogP contribution in [0.5, 0.6) is 0 Å². The molecule has 2 unspecified atom stereocenters. The highest BCUT2D eigenvalue weighted by molar-refractivity contribution is 5.79. The molecular formula is C17H18N4O2. The quantitative estimate of drug-likeness (QED) is 0.849. The number of rotatable bonds is 3. The Morgan fingerprint density at radius 3 is 2.65 bits per heavy atom. The molecule has 118 valence electrons. The van der Waals surface area contributed by atoms with Crippen LogP contribution in [0.15, 0.2) is 48.8 Å². The van der Waals surface area contributed by atoms with Crippen molar-refractivity contribution >= 4 is 11.9 Å². The summed E-state index contributed by atoms with van der Waals surface area (Å²) in [5.74, 6) is 0.739. The molecular weight excluding hydrogens is 292 g/mol. The van der Waals surface area contributed by atoms with Gasteiger partial charge in [0, 0.05) is 32.0 Å². The molecule has 6 heteroatoms. The van der Waals surface area contributed by atoms with Crippen LogP contribution in [0.1, 0.15) is 5.56 Å². The van der Waals surface area contributed by atoms with Gasteiger partial charge in [-0.2, -0.15) is 0 Å². The van der Waals surface area contributed by atoms with Gasteiger partial charge in [-0.05, 0) is 11.6 Å². The molecule has 2 aromatic rings. The fourth-order valence-corrected chi connectivity index (χ4v) is 3.27. The summed E-state index contributed by atoms with van der Waals surface area (Å²) in [4.78, 5) is 25.0. The predicted molar refractivity (Wildman–Crippen MR) is 84.8 cm³/mol. The maximum Gasteiger partial charge on any atom is 0.249 e. The molecule has 2 fully saturated rings. The maximum absolute atomic E-state index is 12.3. The molecule has 1 aromatic carbocycles. The van der Waals surface area contributed by atoms with Crippen molar-refractivity contribution in [2.24, 2.45) is 0 Å². The average molecular weight is 310 g/mol. The normalized spacial score (nSPS) is 23.9. The maximum atomic E-state index is 12.3. The van der Waals surface area contributed by atoms with Gasteiger partial charge in [-0.3, -0.25) is 4.79 Å². The molecule has 1 aromatic heterocycles. The molecule has 3 heterocycles. The highest BCUT2D eigenvalue weighted by Crippen LogP contribution is 2.27. The van der Waals surface area contributed by atoms with E-state index in [0.717, 1.165) is 5.56 Å². The van der Waals surface area contributed by atoms with E-state index in [1.165, 1.54) is 0 Å². The Balaban J connectivity index is 1.54. The summed E-state index contributed by atoms with van der Waals surface area (Å²) in [6.45, 7) is 2.19. The fourth-order valence-electron chi connectivity index (χ4n) is 3.27. The third kappa shape index (κ3) is 2.77. The zero-order valence-corrected chi connectivity index (χ0v) is 12.7. The summed E-state index contributed by atoms with van der Waals surface area (Å²) in [5.41, 5.74) is 1.14. The van der Waals surface area contributed by atoms with E-state index in [0.29, 0.717) is 25.6 Å². The van der Waals surface area contributed by atoms with E-state index in [1.54, 1.807) is 18.5 Å². The molecule has 0 aliphatic carbocycles. The summed E-state index contributed by atoms with van der Waals surface area (Å²) in [6.07, 6.45) is 3.48. The second kappa shape index (κ2) is 5.96. The molecule has 23 heavy (non-hydrogen) atoms. The molecule has 6 nitrogen and oxygen atoms in total. The first-order valence-corrected chi connectivity index (χ1v) is 7.78. The van der Waals surface area contributed by atoms with Crippen LogP contribution in [-0.4, -0.2) is 52.6 Å². The number of carbonyl (C=O) groups excluding carboxylic acids is 1. The van der Waals surface area contributed by atoms with Gasteiger partial charge in [-0.1, -0.05) is 30.3 Å². The first-order valence-electron chi connectivity index (χ1n) is 7.78. The van der Waals surface area contributed by atoms with Crippen molar-refractivity contribution in [1.29, 1.82) is 0 Å². The average Bonchev–Trinajstić information content (AvgIpc) is 3.04. The number of aromatic nitrogens is 2. The highest BCUT2D eigenvalue weighted by atomic mass is 16.5. The number of anilines is 1. The lowest BCUT2D eigenvalue weighted by Crippen LogP contribution is -2.53. The van der Waals surface area contributed by atoms with Gasteiger partial charge in [0.25, 0.3) is 0 Å². The number of ether oxygens (including phenoxy) is 1. The van der Waals surface area contributed by atoms with Crippen LogP contribution < -0.4 is 4.90 Å². The predicted octanol–water partition coefficient (Wildman–Crippen LogP) is 1.09. The third-order valence-electron chi connectivity index (χ3n) is 4.41. The van der Waals surface area contributed by atoms with Crippen molar-refractivity contribution < 1.29 is 9.53 Å². The van der Waals surface area contributed by atoms with Crippen molar-refractivity contribution in [2.75, 3.05) is 24.6 Å². The van der Waals surface area contributed by atoms with Crippen LogP contribution in [0.2, 0.25) is 0 Å². The van der Waals surface area contributed by atoms with Crippen LogP contribution >= 0.6 is 0 Å². The second-order valence-electron chi connectivity index (χ2n) is 5.88. The molecule has 2 saturated heterocycles. The van der Waals surface area contributed by atoms with Gasteiger partial charge < -0.3 is 14.5 Å². The molecule has 0 bridgehead atoms. The number of carbonyl (C=O) groups is 1. The molecule has 0 N–H and O–H groups in total. The van der Waals surface area contributed by atoms with Gasteiger partial charge >= 0.3 is 0 Å². The SMILES string of the molecule is O=C1COC2CN(c3ncccn3)CC2N1Cc1ccccc1. The second-order valence-corrected chi connectivity index (χ2v) is 5.88. The molecule has 0 saturated carbocycles. The summed E-state index contributed by atoms with van der Waals surface area (Å²) < 4.78 is 5.75. The Kier molecular flexibility index (Phi) is 3.67. The molecule has 4 rings (SSSR count). The summed E-state index contributed by atoms with van der Waals surface area (Å²) in [6, 6.07) is 11.9. The minimum absolute atomic E-state index is 0.0141. The standard InChI is InChI=1S/C17H18N4O2/c22-16-12-23-15-11-20(17-18-7-4-8-19-17)10-14(15)21(16)9-13-5-2-1-3-6-13/h1-8,14-15H,9-12H2. The Morgan fingerprint density at radius 1 is 1.09 bits per heavy atom. The number of hydrogen-bond donors (Lipinski definition) is 0. The minimum atomic E-state index is 0.0141. The van der Waals surface area contributed by atoms with Gasteiger partial charge in [-0.15, -0.1) is 0 Å². The van der Waals surface area contributed by atoms with Gasteiger partial charge in [0.2, 0.25) is 11.9 Å². The summed E-state index contributed by atoms with van der Waals surface area (Å²) in [7, 11) is 0. The van der Waals surface area contributed by atoms with Crippen LogP contribution in [0, 0.1) is 0 Å². The number of benzene rings is 1. The molecule has 0 spiro atoms. The van der Waals surface area contributed by atoms with Crippen LogP contribution in [0.25, 0.3) is 0 Å². The van der Waals surface area contributed by atoms with E-state index in [-0.39, 0.29) is 24.7 Å². The van der Waals surface area contributed by atoms with Crippen LogP contribution in [0.3, 0.4) is 0 Å². The first kappa shape index (κ1) is 14.1. The van der Waals surface area contributed by atoms with E-state index >= 15 is 0 Å². The Bertz CT molecular complexity index is 680. The lowest BCUT2D eigenvalue weighted by Gasteiger charge is -2.36. The van der Waals surface area contributed by atoms with Crippen LogP contribution in [0.4, 0.5) is 5.95 Å². The topological polar surface area (TPSA) is 58.6 Å². The van der Waals surface area contributed by atoms with Gasteiger partial charge in [0.1, 0.15) is 6.61 Å². The Hall–Kier alpha value is -2.47. The molecule has 2 aliphatic heterocycles. The van der Waals surface area contributed by atoms with Gasteiger partial charge in [0.15, 0.2) is 0 Å². The first-order chi connectivity index (χ1) is 11.3. The van der Waals surface area contributed by atoms with E-state index in [4.69, 9.17) is 4.74 Å². The lowest BCUT2D eigenvalue weighted by molar-refractivity contribution is -0.153. The summed E-state index contributed by atoms with van der Waals surface area (Å²) in [5, 5.41) is 0. The summed E-state index contributed by atoms with van der Waals surface area (Å²) >= 11 is 0. The number of morpholine rings is 1. The van der Waals surface area contributed by atoms with E-state index in [9.17, 15) is 4.79 Å². The number of nitrogens with zero attached hydrogens (tertiary/aromatic N) is 4.